The van der Waals surface area contributed by atoms with E-state index in [4.69, 9.17) is 4.74 Å². The number of carbonyl (C=O) groups is 1. The molecule has 0 heterocycles. The minimum absolute atomic E-state index is 0.158. The highest BCUT2D eigenvalue weighted by Crippen LogP contribution is 2.08. The van der Waals surface area contributed by atoms with Crippen molar-refractivity contribution in [2.75, 3.05) is 6.54 Å². The van der Waals surface area contributed by atoms with Crippen molar-refractivity contribution in [3.63, 3.8) is 0 Å². The Hall–Kier alpha value is -1.39. The molecule has 1 rings (SSSR count). The first kappa shape index (κ1) is 17.7. The molecule has 0 saturated carbocycles. The van der Waals surface area contributed by atoms with Crippen LogP contribution in [0.3, 0.4) is 0 Å². The number of aliphatic hydroxyl groups is 1. The molecule has 2 N–H and O–H groups in total. The van der Waals surface area contributed by atoms with Gasteiger partial charge < -0.3 is 15.2 Å². The molecule has 21 heavy (non-hydrogen) atoms. The maximum Gasteiger partial charge on any atom is 0.251 e. The third-order valence-corrected chi connectivity index (χ3v) is 3.04. The van der Waals surface area contributed by atoms with Crippen molar-refractivity contribution < 1.29 is 14.6 Å². The Morgan fingerprint density at radius 2 is 1.81 bits per heavy atom. The monoisotopic (exact) mass is 293 g/mol. The van der Waals surface area contributed by atoms with Crippen molar-refractivity contribution in [3.05, 3.63) is 35.4 Å². The molecule has 0 bridgehead atoms. The van der Waals surface area contributed by atoms with Crippen LogP contribution in [0.25, 0.3) is 0 Å². The van der Waals surface area contributed by atoms with Crippen molar-refractivity contribution in [2.45, 2.75) is 52.9 Å². The fourth-order valence-electron chi connectivity index (χ4n) is 1.96. The summed E-state index contributed by atoms with van der Waals surface area (Å²) in [4.78, 5) is 12.0. The molecule has 0 spiro atoms. The van der Waals surface area contributed by atoms with Gasteiger partial charge in [-0.25, -0.2) is 0 Å². The van der Waals surface area contributed by atoms with Gasteiger partial charge in [0.2, 0.25) is 0 Å². The molecule has 0 aliphatic carbocycles. The number of ether oxygens (including phenoxy) is 1. The zero-order valence-corrected chi connectivity index (χ0v) is 13.4. The largest absolute Gasteiger partial charge is 0.391 e. The summed E-state index contributed by atoms with van der Waals surface area (Å²) in [6.07, 6.45) is 0.384. The van der Waals surface area contributed by atoms with Crippen LogP contribution in [0.4, 0.5) is 0 Å². The molecule has 0 fully saturated rings. The van der Waals surface area contributed by atoms with Crippen LogP contribution < -0.4 is 5.32 Å². The number of carbonyl (C=O) groups excluding carboxylic acids is 1. The van der Waals surface area contributed by atoms with Crippen LogP contribution in [-0.2, 0) is 11.3 Å². The van der Waals surface area contributed by atoms with Crippen LogP contribution in [0, 0.1) is 5.92 Å². The van der Waals surface area contributed by atoms with Gasteiger partial charge >= 0.3 is 0 Å². The van der Waals surface area contributed by atoms with Crippen molar-refractivity contribution in [1.82, 2.24) is 5.32 Å². The zero-order valence-electron chi connectivity index (χ0n) is 13.4. The van der Waals surface area contributed by atoms with Gasteiger partial charge in [0.25, 0.3) is 5.91 Å². The van der Waals surface area contributed by atoms with Gasteiger partial charge in [0.15, 0.2) is 0 Å². The number of amides is 1. The Kier molecular flexibility index (Phi) is 7.40. The summed E-state index contributed by atoms with van der Waals surface area (Å²) in [7, 11) is 0. The molecule has 0 saturated heterocycles. The molecule has 1 atom stereocenters. The lowest BCUT2D eigenvalue weighted by atomic mass is 10.1. The smallest absolute Gasteiger partial charge is 0.251 e. The van der Waals surface area contributed by atoms with Crippen LogP contribution >= 0.6 is 0 Å². The Balaban J connectivity index is 2.44. The highest BCUT2D eigenvalue weighted by molar-refractivity contribution is 5.94. The Labute approximate surface area is 127 Å². The molecule has 1 amide bonds. The maximum absolute atomic E-state index is 12.0. The average molecular weight is 293 g/mol. The molecule has 0 aromatic heterocycles. The second kappa shape index (κ2) is 8.80. The van der Waals surface area contributed by atoms with E-state index in [1.165, 1.54) is 0 Å². The highest BCUT2D eigenvalue weighted by Gasteiger charge is 2.10. The maximum atomic E-state index is 12.0. The van der Waals surface area contributed by atoms with E-state index in [9.17, 15) is 9.90 Å². The molecule has 0 aliphatic heterocycles. The molecule has 4 nitrogen and oxygen atoms in total. The minimum atomic E-state index is -0.493. The van der Waals surface area contributed by atoms with Crippen LogP contribution in [0.15, 0.2) is 24.3 Å². The Bertz CT molecular complexity index is 426. The van der Waals surface area contributed by atoms with Gasteiger partial charge in [-0.3, -0.25) is 4.79 Å². The lowest BCUT2D eigenvalue weighted by molar-refractivity contribution is 0.0656. The van der Waals surface area contributed by atoms with Crippen LogP contribution in [0.5, 0.6) is 0 Å². The first-order valence-corrected chi connectivity index (χ1v) is 7.55. The fourth-order valence-corrected chi connectivity index (χ4v) is 1.96. The summed E-state index contributed by atoms with van der Waals surface area (Å²) in [6, 6.07) is 7.34. The standard InChI is InChI=1S/C17H27NO3/c1-12(2)9-16(19)10-18-17(20)15-7-5-14(6-8-15)11-21-13(3)4/h5-8,12-13,16,19H,9-11H2,1-4H3,(H,18,20). The van der Waals surface area contributed by atoms with Gasteiger partial charge in [0, 0.05) is 12.1 Å². The van der Waals surface area contributed by atoms with E-state index in [1.807, 2.05) is 39.8 Å². The van der Waals surface area contributed by atoms with E-state index in [1.54, 1.807) is 12.1 Å². The van der Waals surface area contributed by atoms with Gasteiger partial charge in [-0.1, -0.05) is 26.0 Å². The molecule has 0 aliphatic rings. The van der Waals surface area contributed by atoms with Gasteiger partial charge in [-0.2, -0.15) is 0 Å². The van der Waals surface area contributed by atoms with Crippen LogP contribution in [0.1, 0.15) is 50.0 Å². The molecular weight excluding hydrogens is 266 g/mol. The third kappa shape index (κ3) is 7.25. The lowest BCUT2D eigenvalue weighted by Crippen LogP contribution is -2.32. The van der Waals surface area contributed by atoms with Gasteiger partial charge in [-0.05, 0) is 43.9 Å². The zero-order chi connectivity index (χ0) is 15.8. The normalized spacial score (nSPS) is 12.7. The first-order valence-electron chi connectivity index (χ1n) is 7.55. The van der Waals surface area contributed by atoms with Crippen molar-refractivity contribution in [2.24, 2.45) is 5.92 Å². The van der Waals surface area contributed by atoms with Crippen molar-refractivity contribution >= 4 is 5.91 Å². The molecule has 1 aromatic carbocycles. The summed E-state index contributed by atoms with van der Waals surface area (Å²) in [6.45, 7) is 8.91. The van der Waals surface area contributed by atoms with E-state index in [0.29, 0.717) is 24.5 Å². The number of rotatable bonds is 8. The minimum Gasteiger partial charge on any atom is -0.391 e. The van der Waals surface area contributed by atoms with Crippen molar-refractivity contribution in [1.29, 1.82) is 0 Å². The molecule has 4 heteroatoms. The topological polar surface area (TPSA) is 58.6 Å². The second-order valence-electron chi connectivity index (χ2n) is 6.05. The number of hydrogen-bond donors (Lipinski definition) is 2. The molecule has 118 valence electrons. The summed E-state index contributed by atoms with van der Waals surface area (Å²) < 4.78 is 5.51. The highest BCUT2D eigenvalue weighted by atomic mass is 16.5. The van der Waals surface area contributed by atoms with Crippen LogP contribution in [-0.4, -0.2) is 29.8 Å². The predicted molar refractivity (Wildman–Crippen MR) is 84.2 cm³/mol. The molecule has 1 aromatic rings. The molecule has 1 unspecified atom stereocenters. The quantitative estimate of drug-likeness (QED) is 0.775. The second-order valence-corrected chi connectivity index (χ2v) is 6.05. The Morgan fingerprint density at radius 3 is 2.33 bits per heavy atom. The van der Waals surface area contributed by atoms with E-state index in [0.717, 1.165) is 5.56 Å². The van der Waals surface area contributed by atoms with Crippen LogP contribution in [0.2, 0.25) is 0 Å². The summed E-state index contributed by atoms with van der Waals surface area (Å²) in [5.41, 5.74) is 1.64. The first-order chi connectivity index (χ1) is 9.88. The summed E-state index contributed by atoms with van der Waals surface area (Å²) >= 11 is 0. The molecular formula is C17H27NO3. The van der Waals surface area contributed by atoms with Gasteiger partial charge in [-0.15, -0.1) is 0 Å². The fraction of sp³-hybridized carbons (Fsp3) is 0.588. The number of benzene rings is 1. The van der Waals surface area contributed by atoms with E-state index < -0.39 is 6.10 Å². The van der Waals surface area contributed by atoms with Gasteiger partial charge in [0.05, 0.1) is 18.8 Å². The van der Waals surface area contributed by atoms with Crippen molar-refractivity contribution in [3.8, 4) is 0 Å². The summed E-state index contributed by atoms with van der Waals surface area (Å²) in [5.74, 6) is 0.256. The summed E-state index contributed by atoms with van der Waals surface area (Å²) in [5, 5.41) is 12.5. The number of aliphatic hydroxyl groups excluding tert-OH is 1. The number of hydrogen-bond acceptors (Lipinski definition) is 3. The average Bonchev–Trinajstić information content (AvgIpc) is 2.42. The molecule has 0 radical (unpaired) electrons. The number of nitrogens with one attached hydrogen (secondary N) is 1. The Morgan fingerprint density at radius 1 is 1.19 bits per heavy atom. The van der Waals surface area contributed by atoms with Gasteiger partial charge in [0.1, 0.15) is 0 Å². The van der Waals surface area contributed by atoms with E-state index in [2.05, 4.69) is 5.32 Å². The SMILES string of the molecule is CC(C)CC(O)CNC(=O)c1ccc(COC(C)C)cc1. The van der Waals surface area contributed by atoms with E-state index >= 15 is 0 Å². The third-order valence-electron chi connectivity index (χ3n) is 3.04. The van der Waals surface area contributed by atoms with E-state index in [-0.39, 0.29) is 18.6 Å². The lowest BCUT2D eigenvalue weighted by Gasteiger charge is -2.14. The predicted octanol–water partition coefficient (Wildman–Crippen LogP) is 2.75.